The average Bonchev–Trinajstić information content (AvgIpc) is 2.62. The van der Waals surface area contributed by atoms with E-state index < -0.39 is 23.6 Å². The quantitative estimate of drug-likeness (QED) is 0.542. The van der Waals surface area contributed by atoms with Gasteiger partial charge in [0.1, 0.15) is 11.7 Å². The summed E-state index contributed by atoms with van der Waals surface area (Å²) in [5.74, 6) is -3.38. The van der Waals surface area contributed by atoms with Crippen LogP contribution >= 0.6 is 11.6 Å². The zero-order valence-corrected chi connectivity index (χ0v) is 15.9. The lowest BCUT2D eigenvalue weighted by Crippen LogP contribution is -2.34. The van der Waals surface area contributed by atoms with Crippen molar-refractivity contribution >= 4 is 28.9 Å². The van der Waals surface area contributed by atoms with Crippen LogP contribution in [0.1, 0.15) is 36.0 Å². The molecule has 1 aliphatic carbocycles. The minimum atomic E-state index is -1.10. The predicted molar refractivity (Wildman–Crippen MR) is 103 cm³/mol. The van der Waals surface area contributed by atoms with E-state index in [1.165, 1.54) is 18.2 Å². The summed E-state index contributed by atoms with van der Waals surface area (Å²) in [4.78, 5) is 25.3. The maximum atomic E-state index is 14.6. The first-order chi connectivity index (χ1) is 12.9. The number of carbonyl (C=O) groups excluding carboxylic acids is 2. The molecule has 1 aliphatic rings. The lowest BCUT2D eigenvalue weighted by molar-refractivity contribution is -0.151. The summed E-state index contributed by atoms with van der Waals surface area (Å²) in [7, 11) is 0. The molecule has 2 aromatic rings. The molecular weight excluding hydrogens is 367 g/mol. The van der Waals surface area contributed by atoms with Gasteiger partial charge < -0.3 is 4.74 Å². The van der Waals surface area contributed by atoms with E-state index in [4.69, 9.17) is 16.3 Å². The van der Waals surface area contributed by atoms with Crippen molar-refractivity contribution < 1.29 is 18.7 Å². The minimum absolute atomic E-state index is 0.148. The van der Waals surface area contributed by atoms with E-state index in [-0.39, 0.29) is 23.0 Å². The van der Waals surface area contributed by atoms with Gasteiger partial charge in [0, 0.05) is 16.5 Å². The molecule has 140 valence electrons. The normalized spacial score (nSPS) is 19.6. The number of ether oxygens (including phenoxy) is 1. The molecule has 0 N–H and O–H groups in total. The monoisotopic (exact) mass is 386 g/mol. The number of ketones is 1. The Bertz CT molecular complexity index is 882. The van der Waals surface area contributed by atoms with Crippen molar-refractivity contribution in [3.8, 4) is 0 Å². The Hall–Kier alpha value is -2.46. The largest absolute Gasteiger partial charge is 0.465 e. The minimum Gasteiger partial charge on any atom is -0.465 e. The fourth-order valence-electron chi connectivity index (χ4n) is 3.49. The maximum Gasteiger partial charge on any atom is 0.317 e. The summed E-state index contributed by atoms with van der Waals surface area (Å²) in [5, 5.41) is 0.201. The second-order valence-electron chi connectivity index (χ2n) is 6.61. The first-order valence-corrected chi connectivity index (χ1v) is 9.22. The lowest BCUT2D eigenvalue weighted by atomic mass is 9.73. The van der Waals surface area contributed by atoms with Gasteiger partial charge in [-0.25, -0.2) is 4.39 Å². The zero-order valence-electron chi connectivity index (χ0n) is 15.2. The van der Waals surface area contributed by atoms with E-state index in [1.54, 1.807) is 13.0 Å². The number of hydrogen-bond acceptors (Lipinski definition) is 3. The molecule has 0 spiro atoms. The van der Waals surface area contributed by atoms with Crippen molar-refractivity contribution in [2.75, 3.05) is 6.61 Å². The van der Waals surface area contributed by atoms with E-state index in [1.807, 2.05) is 31.2 Å². The average molecular weight is 387 g/mol. The molecule has 3 rings (SSSR count). The summed E-state index contributed by atoms with van der Waals surface area (Å²) in [6.07, 6.45) is 1.79. The molecule has 0 bridgehead atoms. The Morgan fingerprint density at radius 1 is 1.22 bits per heavy atom. The topological polar surface area (TPSA) is 43.4 Å². The van der Waals surface area contributed by atoms with Gasteiger partial charge in [-0.1, -0.05) is 47.5 Å². The molecule has 2 atom stereocenters. The number of rotatable bonds is 4. The fourth-order valence-corrected chi connectivity index (χ4v) is 3.79. The Morgan fingerprint density at radius 3 is 2.56 bits per heavy atom. The van der Waals surface area contributed by atoms with Gasteiger partial charge >= 0.3 is 5.97 Å². The van der Waals surface area contributed by atoms with E-state index in [2.05, 4.69) is 0 Å². The molecule has 5 heteroatoms. The van der Waals surface area contributed by atoms with Gasteiger partial charge in [0.25, 0.3) is 0 Å². The van der Waals surface area contributed by atoms with Gasteiger partial charge in [-0.15, -0.1) is 0 Å². The van der Waals surface area contributed by atoms with Crippen LogP contribution in [-0.2, 0) is 14.3 Å². The van der Waals surface area contributed by atoms with Crippen molar-refractivity contribution in [3.05, 3.63) is 76.1 Å². The Morgan fingerprint density at radius 2 is 1.93 bits per heavy atom. The van der Waals surface area contributed by atoms with Crippen LogP contribution in [0.3, 0.4) is 0 Å². The highest BCUT2D eigenvalue weighted by atomic mass is 35.5. The second kappa shape index (κ2) is 8.05. The molecular formula is C22H20ClFO3. The van der Waals surface area contributed by atoms with Crippen molar-refractivity contribution in [2.24, 2.45) is 5.92 Å². The van der Waals surface area contributed by atoms with Crippen LogP contribution < -0.4 is 0 Å². The number of esters is 1. The van der Waals surface area contributed by atoms with Crippen LogP contribution in [0.15, 0.2) is 48.5 Å². The number of halogens is 2. The van der Waals surface area contributed by atoms with Gasteiger partial charge in [-0.05, 0) is 49.6 Å². The number of aryl methyl sites for hydroxylation is 1. The smallest absolute Gasteiger partial charge is 0.317 e. The van der Waals surface area contributed by atoms with Crippen LogP contribution in [-0.4, -0.2) is 18.4 Å². The molecule has 0 unspecified atom stereocenters. The van der Waals surface area contributed by atoms with Crippen molar-refractivity contribution in [1.29, 1.82) is 0 Å². The van der Waals surface area contributed by atoms with E-state index >= 15 is 0 Å². The highest BCUT2D eigenvalue weighted by molar-refractivity contribution is 6.31. The SMILES string of the molecule is CCOC(=O)[C@H]1C(=O)C=C(c2ccc(C)cc2)C[C@@H]1c1c(F)cccc1Cl. The number of benzene rings is 2. The molecule has 2 aromatic carbocycles. The Balaban J connectivity index is 2.09. The molecule has 0 fully saturated rings. The van der Waals surface area contributed by atoms with Crippen molar-refractivity contribution in [2.45, 2.75) is 26.2 Å². The molecule has 3 nitrogen and oxygen atoms in total. The first kappa shape index (κ1) is 19.3. The summed E-state index contributed by atoms with van der Waals surface area (Å²) in [5.41, 5.74) is 2.90. The van der Waals surface area contributed by atoms with Gasteiger partial charge in [0.05, 0.1) is 6.61 Å². The van der Waals surface area contributed by atoms with Crippen LogP contribution in [0, 0.1) is 18.7 Å². The molecule has 0 saturated heterocycles. The van der Waals surface area contributed by atoms with E-state index in [0.717, 1.165) is 16.7 Å². The highest BCUT2D eigenvalue weighted by Gasteiger charge is 2.41. The Labute approximate surface area is 162 Å². The van der Waals surface area contributed by atoms with Crippen molar-refractivity contribution in [1.82, 2.24) is 0 Å². The van der Waals surface area contributed by atoms with E-state index in [9.17, 15) is 14.0 Å². The molecule has 0 radical (unpaired) electrons. The molecule has 0 saturated carbocycles. The fraction of sp³-hybridized carbons (Fsp3) is 0.273. The third-order valence-corrected chi connectivity index (χ3v) is 5.13. The summed E-state index contributed by atoms with van der Waals surface area (Å²) < 4.78 is 19.7. The van der Waals surface area contributed by atoms with Crippen LogP contribution in [0.25, 0.3) is 5.57 Å². The van der Waals surface area contributed by atoms with Gasteiger partial charge in [-0.2, -0.15) is 0 Å². The molecule has 0 amide bonds. The van der Waals surface area contributed by atoms with Crippen LogP contribution in [0.5, 0.6) is 0 Å². The lowest BCUT2D eigenvalue weighted by Gasteiger charge is -2.30. The highest BCUT2D eigenvalue weighted by Crippen LogP contribution is 2.43. The number of carbonyl (C=O) groups is 2. The standard InChI is InChI=1S/C22H20ClFO3/c1-3-27-22(26)21-16(20-17(23)5-4-6-18(20)24)11-15(12-19(21)25)14-9-7-13(2)8-10-14/h4-10,12,16,21H,3,11H2,1-2H3/t16-,21-/m1/s1. The van der Waals surface area contributed by atoms with Crippen molar-refractivity contribution in [3.63, 3.8) is 0 Å². The van der Waals surface area contributed by atoms with Gasteiger partial charge in [-0.3, -0.25) is 9.59 Å². The second-order valence-corrected chi connectivity index (χ2v) is 7.02. The summed E-state index contributed by atoms with van der Waals surface area (Å²) >= 11 is 6.25. The molecule has 0 aliphatic heterocycles. The predicted octanol–water partition coefficient (Wildman–Crippen LogP) is 5.11. The van der Waals surface area contributed by atoms with Crippen LogP contribution in [0.2, 0.25) is 5.02 Å². The third kappa shape index (κ3) is 3.96. The number of allylic oxidation sites excluding steroid dienone is 2. The van der Waals surface area contributed by atoms with Crippen LogP contribution in [0.4, 0.5) is 4.39 Å². The third-order valence-electron chi connectivity index (χ3n) is 4.80. The molecule has 0 aromatic heterocycles. The Kier molecular flexibility index (Phi) is 5.76. The maximum absolute atomic E-state index is 14.6. The first-order valence-electron chi connectivity index (χ1n) is 8.84. The molecule has 27 heavy (non-hydrogen) atoms. The zero-order chi connectivity index (χ0) is 19.6. The summed E-state index contributed by atoms with van der Waals surface area (Å²) in [6, 6.07) is 12.1. The molecule has 0 heterocycles. The van der Waals surface area contributed by atoms with E-state index in [0.29, 0.717) is 6.42 Å². The van der Waals surface area contributed by atoms with Gasteiger partial charge in [0.15, 0.2) is 5.78 Å². The van der Waals surface area contributed by atoms with Gasteiger partial charge in [0.2, 0.25) is 0 Å². The summed E-state index contributed by atoms with van der Waals surface area (Å²) in [6.45, 7) is 3.79. The number of hydrogen-bond donors (Lipinski definition) is 0.